The molecule has 0 unspecified atom stereocenters. The SMILES string of the molecule is C=CCn1c(C)nnc1SCC(=O)c1ccccc1F. The Bertz CT molecular complexity index is 639. The third kappa shape index (κ3) is 3.14. The van der Waals surface area contributed by atoms with Crippen molar-refractivity contribution in [3.63, 3.8) is 0 Å². The van der Waals surface area contributed by atoms with Crippen LogP contribution in [0.5, 0.6) is 0 Å². The van der Waals surface area contributed by atoms with Crippen LogP contribution in [-0.4, -0.2) is 26.3 Å². The molecule has 0 N–H and O–H groups in total. The summed E-state index contributed by atoms with van der Waals surface area (Å²) in [6, 6.07) is 5.97. The second-order valence-electron chi connectivity index (χ2n) is 4.12. The monoisotopic (exact) mass is 291 g/mol. The van der Waals surface area contributed by atoms with Gasteiger partial charge in [0.2, 0.25) is 0 Å². The van der Waals surface area contributed by atoms with Gasteiger partial charge in [0.05, 0.1) is 11.3 Å². The summed E-state index contributed by atoms with van der Waals surface area (Å²) in [7, 11) is 0. The minimum atomic E-state index is -0.498. The molecule has 0 atom stereocenters. The minimum absolute atomic E-state index is 0.103. The molecular weight excluding hydrogens is 277 g/mol. The lowest BCUT2D eigenvalue weighted by molar-refractivity contribution is 0.101. The number of aryl methyl sites for hydroxylation is 1. The highest BCUT2D eigenvalue weighted by molar-refractivity contribution is 7.99. The Morgan fingerprint density at radius 2 is 2.20 bits per heavy atom. The molecule has 1 aromatic heterocycles. The van der Waals surface area contributed by atoms with Gasteiger partial charge in [0.1, 0.15) is 11.6 Å². The number of carbonyl (C=O) groups excluding carboxylic acids is 1. The van der Waals surface area contributed by atoms with Crippen LogP contribution in [0.25, 0.3) is 0 Å². The lowest BCUT2D eigenvalue weighted by Gasteiger charge is -2.05. The number of allylic oxidation sites excluding steroid dienone is 1. The molecule has 0 bridgehead atoms. The van der Waals surface area contributed by atoms with Gasteiger partial charge in [-0.05, 0) is 19.1 Å². The summed E-state index contributed by atoms with van der Waals surface area (Å²) in [4.78, 5) is 12.0. The second kappa shape index (κ2) is 6.47. The van der Waals surface area contributed by atoms with Gasteiger partial charge in [0.15, 0.2) is 10.9 Å². The van der Waals surface area contributed by atoms with Gasteiger partial charge in [-0.3, -0.25) is 4.79 Å². The van der Waals surface area contributed by atoms with Gasteiger partial charge in [0, 0.05) is 6.54 Å². The van der Waals surface area contributed by atoms with Gasteiger partial charge in [-0.2, -0.15) is 0 Å². The zero-order chi connectivity index (χ0) is 14.5. The van der Waals surface area contributed by atoms with Gasteiger partial charge < -0.3 is 4.57 Å². The van der Waals surface area contributed by atoms with Crippen LogP contribution < -0.4 is 0 Å². The molecule has 0 amide bonds. The molecule has 6 heteroatoms. The molecule has 0 aliphatic rings. The Balaban J connectivity index is 2.08. The predicted octanol–water partition coefficient (Wildman–Crippen LogP) is 2.89. The minimum Gasteiger partial charge on any atom is -0.302 e. The summed E-state index contributed by atoms with van der Waals surface area (Å²) in [6.45, 7) is 6.08. The Kier molecular flexibility index (Phi) is 4.68. The van der Waals surface area contributed by atoms with Crippen molar-refractivity contribution in [2.45, 2.75) is 18.6 Å². The van der Waals surface area contributed by atoms with Crippen LogP contribution in [-0.2, 0) is 6.54 Å². The molecule has 1 heterocycles. The number of hydrogen-bond donors (Lipinski definition) is 0. The van der Waals surface area contributed by atoms with E-state index in [1.807, 2.05) is 11.5 Å². The van der Waals surface area contributed by atoms with Crippen LogP contribution in [0, 0.1) is 12.7 Å². The zero-order valence-corrected chi connectivity index (χ0v) is 11.9. The summed E-state index contributed by atoms with van der Waals surface area (Å²) in [6.07, 6.45) is 1.74. The summed E-state index contributed by atoms with van der Waals surface area (Å²) in [5.41, 5.74) is 0.103. The molecule has 0 aliphatic heterocycles. The first kappa shape index (κ1) is 14.5. The fourth-order valence-corrected chi connectivity index (χ4v) is 2.58. The maximum Gasteiger partial charge on any atom is 0.191 e. The van der Waals surface area contributed by atoms with E-state index in [1.165, 1.54) is 23.9 Å². The van der Waals surface area contributed by atoms with Gasteiger partial charge in [-0.15, -0.1) is 16.8 Å². The van der Waals surface area contributed by atoms with E-state index >= 15 is 0 Å². The van der Waals surface area contributed by atoms with Crippen molar-refractivity contribution >= 4 is 17.5 Å². The van der Waals surface area contributed by atoms with Crippen molar-refractivity contribution in [2.75, 3.05) is 5.75 Å². The number of aromatic nitrogens is 3. The fraction of sp³-hybridized carbons (Fsp3) is 0.214. The van der Waals surface area contributed by atoms with Gasteiger partial charge in [-0.1, -0.05) is 30.0 Å². The Morgan fingerprint density at radius 3 is 2.90 bits per heavy atom. The maximum atomic E-state index is 13.5. The smallest absolute Gasteiger partial charge is 0.191 e. The predicted molar refractivity (Wildman–Crippen MR) is 76.4 cm³/mol. The first-order chi connectivity index (χ1) is 9.63. The van der Waals surface area contributed by atoms with Crippen LogP contribution in [0.4, 0.5) is 4.39 Å². The van der Waals surface area contributed by atoms with E-state index in [0.29, 0.717) is 11.7 Å². The fourth-order valence-electron chi connectivity index (χ4n) is 1.70. The summed E-state index contributed by atoms with van der Waals surface area (Å²) < 4.78 is 15.3. The maximum absolute atomic E-state index is 13.5. The molecule has 0 aliphatic carbocycles. The van der Waals surface area contributed by atoms with Crippen LogP contribution in [0.3, 0.4) is 0 Å². The molecule has 2 aromatic rings. The molecule has 0 saturated carbocycles. The number of benzene rings is 1. The number of carbonyl (C=O) groups is 1. The number of thioether (sulfide) groups is 1. The number of halogens is 1. The van der Waals surface area contributed by atoms with E-state index in [4.69, 9.17) is 0 Å². The molecule has 0 saturated heterocycles. The summed E-state index contributed by atoms with van der Waals surface area (Å²) in [5, 5.41) is 8.60. The summed E-state index contributed by atoms with van der Waals surface area (Å²) in [5.74, 6) is 0.113. The Morgan fingerprint density at radius 1 is 1.45 bits per heavy atom. The molecule has 4 nitrogen and oxygen atoms in total. The van der Waals surface area contributed by atoms with Crippen molar-refractivity contribution < 1.29 is 9.18 Å². The molecule has 104 valence electrons. The zero-order valence-electron chi connectivity index (χ0n) is 11.0. The highest BCUT2D eigenvalue weighted by Crippen LogP contribution is 2.19. The number of rotatable bonds is 6. The lowest BCUT2D eigenvalue weighted by atomic mass is 10.1. The second-order valence-corrected chi connectivity index (χ2v) is 5.06. The van der Waals surface area contributed by atoms with Crippen molar-refractivity contribution in [3.05, 3.63) is 54.1 Å². The molecule has 0 spiro atoms. The first-order valence-electron chi connectivity index (χ1n) is 6.04. The van der Waals surface area contributed by atoms with Crippen LogP contribution in [0.15, 0.2) is 42.1 Å². The lowest BCUT2D eigenvalue weighted by Crippen LogP contribution is -2.07. The van der Waals surface area contributed by atoms with E-state index in [0.717, 1.165) is 5.82 Å². The van der Waals surface area contributed by atoms with E-state index in [2.05, 4.69) is 16.8 Å². The van der Waals surface area contributed by atoms with Crippen molar-refractivity contribution in [1.29, 1.82) is 0 Å². The average Bonchev–Trinajstić information content (AvgIpc) is 2.78. The number of ketones is 1. The third-order valence-electron chi connectivity index (χ3n) is 2.72. The Labute approximate surface area is 120 Å². The van der Waals surface area contributed by atoms with E-state index in [1.54, 1.807) is 18.2 Å². The van der Waals surface area contributed by atoms with Crippen LogP contribution in [0.1, 0.15) is 16.2 Å². The van der Waals surface area contributed by atoms with Crippen molar-refractivity contribution in [3.8, 4) is 0 Å². The highest BCUT2D eigenvalue weighted by Gasteiger charge is 2.14. The molecular formula is C14H14FN3OS. The molecule has 0 fully saturated rings. The number of Topliss-reactive ketones (excluding diaryl/α,β-unsaturated/α-hetero) is 1. The van der Waals surface area contributed by atoms with Gasteiger partial charge in [-0.25, -0.2) is 4.39 Å². The van der Waals surface area contributed by atoms with Crippen molar-refractivity contribution in [2.24, 2.45) is 0 Å². The standard InChI is InChI=1S/C14H14FN3OS/c1-3-8-18-10(2)16-17-14(18)20-9-13(19)11-6-4-5-7-12(11)15/h3-7H,1,8-9H2,2H3. The molecule has 1 aromatic carbocycles. The van der Waals surface area contributed by atoms with Gasteiger partial charge >= 0.3 is 0 Å². The number of nitrogens with zero attached hydrogens (tertiary/aromatic N) is 3. The van der Waals surface area contributed by atoms with E-state index in [9.17, 15) is 9.18 Å². The van der Waals surface area contributed by atoms with Crippen LogP contribution in [0.2, 0.25) is 0 Å². The quantitative estimate of drug-likeness (QED) is 0.466. The third-order valence-corrected chi connectivity index (χ3v) is 3.69. The van der Waals surface area contributed by atoms with E-state index < -0.39 is 5.82 Å². The average molecular weight is 291 g/mol. The summed E-state index contributed by atoms with van der Waals surface area (Å²) >= 11 is 1.24. The number of hydrogen-bond acceptors (Lipinski definition) is 4. The van der Waals surface area contributed by atoms with Gasteiger partial charge in [0.25, 0.3) is 0 Å². The van der Waals surface area contributed by atoms with Crippen molar-refractivity contribution in [1.82, 2.24) is 14.8 Å². The topological polar surface area (TPSA) is 47.8 Å². The molecule has 20 heavy (non-hydrogen) atoms. The normalized spacial score (nSPS) is 10.5. The van der Waals surface area contributed by atoms with E-state index in [-0.39, 0.29) is 17.1 Å². The first-order valence-corrected chi connectivity index (χ1v) is 7.03. The largest absolute Gasteiger partial charge is 0.302 e. The Hall–Kier alpha value is -1.95. The molecule has 0 radical (unpaired) electrons. The highest BCUT2D eigenvalue weighted by atomic mass is 32.2. The van der Waals surface area contributed by atoms with Crippen LogP contribution >= 0.6 is 11.8 Å². The molecule has 2 rings (SSSR count).